The molecule has 0 N–H and O–H groups in total. The largest absolute Gasteiger partial charge is 0.295 e. The molecule has 0 aliphatic rings. The second-order valence-corrected chi connectivity index (χ2v) is 3.11. The van der Waals surface area contributed by atoms with Crippen LogP contribution in [-0.4, -0.2) is 5.78 Å². The molecule has 0 radical (unpaired) electrons. The first-order valence-corrected chi connectivity index (χ1v) is 4.39. The van der Waals surface area contributed by atoms with Crippen molar-refractivity contribution < 1.29 is 4.79 Å². The molecule has 68 valence electrons. The molecular formula is C12H14O. The molecule has 0 aromatic heterocycles. The van der Waals surface area contributed by atoms with Crippen LogP contribution < -0.4 is 0 Å². The fraction of sp³-hybridized carbons (Fsp3) is 0.250. The number of benzene rings is 1. The van der Waals surface area contributed by atoms with Gasteiger partial charge in [0, 0.05) is 5.56 Å². The Morgan fingerprint density at radius 1 is 1.08 bits per heavy atom. The lowest BCUT2D eigenvalue weighted by atomic mass is 10.0. The van der Waals surface area contributed by atoms with E-state index in [4.69, 9.17) is 0 Å². The normalized spacial score (nSPS) is 11.5. The Balaban J connectivity index is 3.00. The molecule has 13 heavy (non-hydrogen) atoms. The van der Waals surface area contributed by atoms with Gasteiger partial charge in [0.05, 0.1) is 0 Å². The van der Waals surface area contributed by atoms with Crippen molar-refractivity contribution >= 4 is 11.4 Å². The third kappa shape index (κ3) is 2.28. The molecule has 0 aliphatic heterocycles. The van der Waals surface area contributed by atoms with E-state index < -0.39 is 0 Å². The lowest BCUT2D eigenvalue weighted by Gasteiger charge is -2.01. The quantitative estimate of drug-likeness (QED) is 0.628. The minimum Gasteiger partial charge on any atom is -0.295 e. The van der Waals surface area contributed by atoms with Gasteiger partial charge in [0.2, 0.25) is 0 Å². The van der Waals surface area contributed by atoms with Crippen molar-refractivity contribution in [3.05, 3.63) is 41.5 Å². The zero-order valence-electron chi connectivity index (χ0n) is 8.29. The number of hydrogen-bond donors (Lipinski definition) is 0. The van der Waals surface area contributed by atoms with Crippen LogP contribution in [0, 0.1) is 0 Å². The summed E-state index contributed by atoms with van der Waals surface area (Å²) >= 11 is 0. The van der Waals surface area contributed by atoms with Crippen molar-refractivity contribution in [2.75, 3.05) is 0 Å². The van der Waals surface area contributed by atoms with Crippen molar-refractivity contribution in [3.8, 4) is 0 Å². The number of allylic oxidation sites excluding steroid dienone is 2. The minimum atomic E-state index is 0.115. The van der Waals surface area contributed by atoms with Crippen LogP contribution in [0.5, 0.6) is 0 Å². The van der Waals surface area contributed by atoms with Crippen molar-refractivity contribution in [1.82, 2.24) is 0 Å². The summed E-state index contributed by atoms with van der Waals surface area (Å²) in [4.78, 5) is 11.0. The fourth-order valence-corrected chi connectivity index (χ4v) is 1.13. The maximum Gasteiger partial charge on any atom is 0.159 e. The van der Waals surface area contributed by atoms with Crippen LogP contribution in [-0.2, 0) is 0 Å². The van der Waals surface area contributed by atoms with E-state index in [2.05, 4.69) is 13.0 Å². The van der Waals surface area contributed by atoms with Gasteiger partial charge >= 0.3 is 0 Å². The van der Waals surface area contributed by atoms with Gasteiger partial charge in [-0.2, -0.15) is 0 Å². The van der Waals surface area contributed by atoms with Gasteiger partial charge in [-0.05, 0) is 31.9 Å². The summed E-state index contributed by atoms with van der Waals surface area (Å²) < 4.78 is 0. The number of rotatable bonds is 2. The summed E-state index contributed by atoms with van der Waals surface area (Å²) in [6.07, 6.45) is 2.06. The lowest BCUT2D eigenvalue weighted by Crippen LogP contribution is -1.91. The Bertz CT molecular complexity index is 331. The third-order valence-electron chi connectivity index (χ3n) is 2.18. The van der Waals surface area contributed by atoms with Crippen LogP contribution in [0.3, 0.4) is 0 Å². The predicted molar refractivity (Wildman–Crippen MR) is 55.8 cm³/mol. The summed E-state index contributed by atoms with van der Waals surface area (Å²) in [5.74, 6) is 0.115. The smallest absolute Gasteiger partial charge is 0.159 e. The number of carbonyl (C=O) groups is 1. The Morgan fingerprint density at radius 3 is 1.92 bits per heavy atom. The highest BCUT2D eigenvalue weighted by atomic mass is 16.1. The van der Waals surface area contributed by atoms with Gasteiger partial charge in [-0.3, -0.25) is 4.79 Å². The monoisotopic (exact) mass is 174 g/mol. The van der Waals surface area contributed by atoms with E-state index in [0.29, 0.717) is 0 Å². The van der Waals surface area contributed by atoms with E-state index in [1.54, 1.807) is 6.92 Å². The highest BCUT2D eigenvalue weighted by Crippen LogP contribution is 2.14. The molecule has 0 fully saturated rings. The molecule has 0 unspecified atom stereocenters. The maximum atomic E-state index is 11.0. The molecule has 1 rings (SSSR count). The number of ketones is 1. The zero-order chi connectivity index (χ0) is 9.84. The summed E-state index contributed by atoms with van der Waals surface area (Å²) in [6.45, 7) is 5.65. The van der Waals surface area contributed by atoms with Crippen molar-refractivity contribution in [1.29, 1.82) is 0 Å². The average molecular weight is 174 g/mol. The van der Waals surface area contributed by atoms with E-state index in [1.165, 1.54) is 11.1 Å². The summed E-state index contributed by atoms with van der Waals surface area (Å²) in [7, 11) is 0. The standard InChI is InChI=1S/C12H14O/c1-4-9(2)11-5-7-12(8-6-11)10(3)13/h4-8H,1-3H3/b9-4+. The van der Waals surface area contributed by atoms with E-state index in [9.17, 15) is 4.79 Å². The zero-order valence-corrected chi connectivity index (χ0v) is 8.29. The van der Waals surface area contributed by atoms with Crippen LogP contribution in [0.25, 0.3) is 5.57 Å². The van der Waals surface area contributed by atoms with Gasteiger partial charge < -0.3 is 0 Å². The third-order valence-corrected chi connectivity index (χ3v) is 2.18. The molecule has 0 heterocycles. The highest BCUT2D eigenvalue weighted by Gasteiger charge is 1.98. The van der Waals surface area contributed by atoms with Gasteiger partial charge in [0.25, 0.3) is 0 Å². The van der Waals surface area contributed by atoms with Gasteiger partial charge in [-0.1, -0.05) is 30.3 Å². The van der Waals surface area contributed by atoms with Crippen LogP contribution in [0.4, 0.5) is 0 Å². The van der Waals surface area contributed by atoms with Gasteiger partial charge in [-0.15, -0.1) is 0 Å². The molecule has 1 aromatic rings. The fourth-order valence-electron chi connectivity index (χ4n) is 1.13. The Kier molecular flexibility index (Phi) is 3.02. The highest BCUT2D eigenvalue weighted by molar-refractivity contribution is 5.94. The second-order valence-electron chi connectivity index (χ2n) is 3.11. The Morgan fingerprint density at radius 2 is 1.54 bits per heavy atom. The molecule has 0 spiro atoms. The van der Waals surface area contributed by atoms with Crippen LogP contribution in [0.15, 0.2) is 30.3 Å². The summed E-state index contributed by atoms with van der Waals surface area (Å²) in [5.41, 5.74) is 3.18. The van der Waals surface area contributed by atoms with Gasteiger partial charge in [0.15, 0.2) is 5.78 Å². The summed E-state index contributed by atoms with van der Waals surface area (Å²) in [6, 6.07) is 7.69. The molecule has 0 saturated carbocycles. The molecule has 0 amide bonds. The van der Waals surface area contributed by atoms with Gasteiger partial charge in [0.1, 0.15) is 0 Å². The number of hydrogen-bond acceptors (Lipinski definition) is 1. The average Bonchev–Trinajstić information content (AvgIpc) is 2.17. The van der Waals surface area contributed by atoms with E-state index in [0.717, 1.165) is 5.56 Å². The molecule has 0 bridgehead atoms. The van der Waals surface area contributed by atoms with Crippen molar-refractivity contribution in [2.24, 2.45) is 0 Å². The first-order valence-electron chi connectivity index (χ1n) is 4.39. The Labute approximate surface area is 79.1 Å². The molecule has 0 saturated heterocycles. The topological polar surface area (TPSA) is 17.1 Å². The Hall–Kier alpha value is -1.37. The van der Waals surface area contributed by atoms with Crippen LogP contribution >= 0.6 is 0 Å². The van der Waals surface area contributed by atoms with E-state index in [-0.39, 0.29) is 5.78 Å². The van der Waals surface area contributed by atoms with Crippen molar-refractivity contribution in [3.63, 3.8) is 0 Å². The molecule has 0 aliphatic carbocycles. The van der Waals surface area contributed by atoms with Gasteiger partial charge in [-0.25, -0.2) is 0 Å². The predicted octanol–water partition coefficient (Wildman–Crippen LogP) is 3.31. The summed E-state index contributed by atoms with van der Waals surface area (Å²) in [5, 5.41) is 0. The van der Waals surface area contributed by atoms with E-state index >= 15 is 0 Å². The molecule has 0 atom stereocenters. The number of carbonyl (C=O) groups excluding carboxylic acids is 1. The SMILES string of the molecule is C/C=C(\C)c1ccc(C(C)=O)cc1. The lowest BCUT2D eigenvalue weighted by molar-refractivity contribution is 0.101. The number of Topliss-reactive ketones (excluding diaryl/α,β-unsaturated/α-hetero) is 1. The first kappa shape index (κ1) is 9.72. The maximum absolute atomic E-state index is 11.0. The minimum absolute atomic E-state index is 0.115. The van der Waals surface area contributed by atoms with Crippen molar-refractivity contribution in [2.45, 2.75) is 20.8 Å². The van der Waals surface area contributed by atoms with Crippen LogP contribution in [0.1, 0.15) is 36.7 Å². The molecule has 1 heteroatoms. The first-order chi connectivity index (χ1) is 6.15. The molecular weight excluding hydrogens is 160 g/mol. The molecule has 1 aromatic carbocycles. The molecule has 1 nitrogen and oxygen atoms in total. The second kappa shape index (κ2) is 4.04. The van der Waals surface area contributed by atoms with E-state index in [1.807, 2.05) is 31.2 Å². The van der Waals surface area contributed by atoms with Crippen LogP contribution in [0.2, 0.25) is 0 Å².